The monoisotopic (exact) mass is 863 g/mol. The molecule has 0 radical (unpaired) electrons. The van der Waals surface area contributed by atoms with Gasteiger partial charge in [0.2, 0.25) is 0 Å². The van der Waals surface area contributed by atoms with Crippen LogP contribution in [0.4, 0.5) is 0 Å². The summed E-state index contributed by atoms with van der Waals surface area (Å²) in [6.07, 6.45) is 64.3. The molecule has 0 saturated carbocycles. The average Bonchev–Trinajstić information content (AvgIpc) is 3.27. The van der Waals surface area contributed by atoms with Gasteiger partial charge in [-0.1, -0.05) is 241 Å². The van der Waals surface area contributed by atoms with Crippen LogP contribution in [0.25, 0.3) is 0 Å². The van der Waals surface area contributed by atoms with Crippen molar-refractivity contribution in [2.75, 3.05) is 13.2 Å². The molecule has 0 amide bonds. The van der Waals surface area contributed by atoms with E-state index in [1.807, 2.05) is 30.4 Å². The molecule has 0 heterocycles. The van der Waals surface area contributed by atoms with Gasteiger partial charge in [0.05, 0.1) is 0 Å². The molecule has 62 heavy (non-hydrogen) atoms. The van der Waals surface area contributed by atoms with Crippen molar-refractivity contribution in [3.05, 3.63) is 85.1 Å². The first-order valence-corrected chi connectivity index (χ1v) is 25.7. The lowest BCUT2D eigenvalue weighted by atomic mass is 10.0. The van der Waals surface area contributed by atoms with Gasteiger partial charge in [-0.2, -0.15) is 0 Å². The number of ether oxygens (including phenoxy) is 3. The standard InChI is InChI=1S/C56H94O6/c1-4-7-10-13-16-19-22-25-26-27-28-29-32-34-37-40-43-46-49-55(58)61-52-53(62-56(59)50-47-44-41-38-35-31-24-21-18-15-12-9-6-3)51-60-54(57)48-45-42-39-36-33-30-23-20-17-14-11-8-5-2/h10,13,16,19,22,25-29,31,35,41,44,53H,4-9,11-12,14-15,17-18,20-21,23-24,30,32-34,36-40,42-43,45-52H2,1-3H3/b13-10-,19-16-,25-22-,27-26-,29-28-,35-31-,44-41-. The Morgan fingerprint density at radius 3 is 1.16 bits per heavy atom. The van der Waals surface area contributed by atoms with Gasteiger partial charge in [0.1, 0.15) is 13.2 Å². The molecule has 0 aliphatic rings. The maximum Gasteiger partial charge on any atom is 0.306 e. The molecule has 0 fully saturated rings. The fourth-order valence-electron chi connectivity index (χ4n) is 6.88. The summed E-state index contributed by atoms with van der Waals surface area (Å²) in [7, 11) is 0. The smallest absolute Gasteiger partial charge is 0.306 e. The van der Waals surface area contributed by atoms with Crippen molar-refractivity contribution >= 4 is 17.9 Å². The van der Waals surface area contributed by atoms with Crippen LogP contribution in [-0.4, -0.2) is 37.2 Å². The highest BCUT2D eigenvalue weighted by molar-refractivity contribution is 5.71. The molecule has 0 N–H and O–H groups in total. The lowest BCUT2D eigenvalue weighted by Crippen LogP contribution is -2.30. The molecular formula is C56H94O6. The summed E-state index contributed by atoms with van der Waals surface area (Å²) in [4.78, 5) is 37.9. The van der Waals surface area contributed by atoms with Crippen molar-refractivity contribution < 1.29 is 28.6 Å². The maximum atomic E-state index is 12.7. The number of hydrogen-bond donors (Lipinski definition) is 0. The number of carbonyl (C=O) groups is 3. The summed E-state index contributed by atoms with van der Waals surface area (Å²) in [6.45, 7) is 6.46. The molecule has 6 heteroatoms. The molecule has 0 aliphatic heterocycles. The van der Waals surface area contributed by atoms with Gasteiger partial charge in [0.25, 0.3) is 0 Å². The summed E-state index contributed by atoms with van der Waals surface area (Å²) in [6, 6.07) is 0. The van der Waals surface area contributed by atoms with Crippen LogP contribution in [0.1, 0.15) is 233 Å². The van der Waals surface area contributed by atoms with E-state index in [0.29, 0.717) is 19.3 Å². The average molecular weight is 863 g/mol. The van der Waals surface area contributed by atoms with Crippen molar-refractivity contribution in [2.45, 2.75) is 239 Å². The van der Waals surface area contributed by atoms with E-state index in [9.17, 15) is 14.4 Å². The first-order valence-electron chi connectivity index (χ1n) is 25.7. The number of hydrogen-bond acceptors (Lipinski definition) is 6. The van der Waals surface area contributed by atoms with E-state index in [1.165, 1.54) is 109 Å². The van der Waals surface area contributed by atoms with Crippen molar-refractivity contribution in [2.24, 2.45) is 0 Å². The van der Waals surface area contributed by atoms with Crippen LogP contribution in [0.2, 0.25) is 0 Å². The molecular weight excluding hydrogens is 769 g/mol. The summed E-state index contributed by atoms with van der Waals surface area (Å²) >= 11 is 0. The van der Waals surface area contributed by atoms with E-state index in [4.69, 9.17) is 14.2 Å². The Hall–Kier alpha value is -3.41. The summed E-state index contributed by atoms with van der Waals surface area (Å²) in [5.41, 5.74) is 0. The zero-order valence-electron chi connectivity index (χ0n) is 40.4. The van der Waals surface area contributed by atoms with E-state index in [-0.39, 0.29) is 37.5 Å². The van der Waals surface area contributed by atoms with Crippen LogP contribution >= 0.6 is 0 Å². The number of rotatable bonds is 45. The molecule has 0 aromatic heterocycles. The molecule has 0 aromatic carbocycles. The molecule has 0 saturated heterocycles. The SMILES string of the molecule is CCC\C=C/C=C\C=C/C=C\C=C/CCCCCCCC(=O)OCC(COC(=O)CCCCCCCCCCCCCCC)OC(=O)CC/C=C\C/C=C\CCCCCCCC. The second-order valence-corrected chi connectivity index (χ2v) is 16.9. The Labute approximate surface area is 382 Å². The van der Waals surface area contributed by atoms with Gasteiger partial charge < -0.3 is 14.2 Å². The molecule has 0 aromatic rings. The van der Waals surface area contributed by atoms with Crippen molar-refractivity contribution in [1.82, 2.24) is 0 Å². The third-order valence-corrected chi connectivity index (χ3v) is 10.7. The van der Waals surface area contributed by atoms with E-state index in [0.717, 1.165) is 77.0 Å². The Morgan fingerprint density at radius 1 is 0.339 bits per heavy atom. The number of allylic oxidation sites excluding steroid dienone is 14. The van der Waals surface area contributed by atoms with Gasteiger partial charge in [-0.05, 0) is 57.8 Å². The van der Waals surface area contributed by atoms with Crippen LogP contribution in [0, 0.1) is 0 Å². The van der Waals surface area contributed by atoms with Crippen LogP contribution in [-0.2, 0) is 28.6 Å². The highest BCUT2D eigenvalue weighted by Gasteiger charge is 2.19. The zero-order chi connectivity index (χ0) is 45.1. The lowest BCUT2D eigenvalue weighted by molar-refractivity contribution is -0.166. The molecule has 354 valence electrons. The molecule has 1 unspecified atom stereocenters. The lowest BCUT2D eigenvalue weighted by Gasteiger charge is -2.18. The van der Waals surface area contributed by atoms with E-state index in [1.54, 1.807) is 0 Å². The van der Waals surface area contributed by atoms with Crippen molar-refractivity contribution in [1.29, 1.82) is 0 Å². The van der Waals surface area contributed by atoms with Crippen LogP contribution in [0.3, 0.4) is 0 Å². The summed E-state index contributed by atoms with van der Waals surface area (Å²) < 4.78 is 16.7. The predicted molar refractivity (Wildman–Crippen MR) is 265 cm³/mol. The van der Waals surface area contributed by atoms with E-state index < -0.39 is 6.10 Å². The Morgan fingerprint density at radius 2 is 0.710 bits per heavy atom. The molecule has 0 aliphatic carbocycles. The van der Waals surface area contributed by atoms with E-state index in [2.05, 4.69) is 75.5 Å². The minimum Gasteiger partial charge on any atom is -0.462 e. The molecule has 0 bridgehead atoms. The number of esters is 3. The maximum absolute atomic E-state index is 12.7. The molecule has 1 atom stereocenters. The number of unbranched alkanes of at least 4 members (excludes halogenated alkanes) is 24. The highest BCUT2D eigenvalue weighted by Crippen LogP contribution is 2.14. The Bertz CT molecular complexity index is 1220. The van der Waals surface area contributed by atoms with Gasteiger partial charge in [0, 0.05) is 19.3 Å². The first-order chi connectivity index (χ1) is 30.5. The third-order valence-electron chi connectivity index (χ3n) is 10.7. The topological polar surface area (TPSA) is 78.9 Å². The summed E-state index contributed by atoms with van der Waals surface area (Å²) in [5, 5.41) is 0. The molecule has 0 rings (SSSR count). The van der Waals surface area contributed by atoms with Gasteiger partial charge in [0.15, 0.2) is 6.10 Å². The Kier molecular flexibility index (Phi) is 47.5. The van der Waals surface area contributed by atoms with Crippen LogP contribution in [0.15, 0.2) is 85.1 Å². The van der Waals surface area contributed by atoms with Gasteiger partial charge in [-0.15, -0.1) is 0 Å². The fourth-order valence-corrected chi connectivity index (χ4v) is 6.88. The largest absolute Gasteiger partial charge is 0.462 e. The van der Waals surface area contributed by atoms with Gasteiger partial charge in [-0.25, -0.2) is 0 Å². The molecule has 0 spiro atoms. The predicted octanol–water partition coefficient (Wildman–Crippen LogP) is 16.8. The Balaban J connectivity index is 4.49. The van der Waals surface area contributed by atoms with E-state index >= 15 is 0 Å². The van der Waals surface area contributed by atoms with Crippen LogP contribution < -0.4 is 0 Å². The zero-order valence-corrected chi connectivity index (χ0v) is 40.4. The molecule has 6 nitrogen and oxygen atoms in total. The number of carbonyl (C=O) groups excluding carboxylic acids is 3. The minimum atomic E-state index is -0.815. The van der Waals surface area contributed by atoms with Gasteiger partial charge >= 0.3 is 17.9 Å². The third kappa shape index (κ3) is 47.6. The quantitative estimate of drug-likeness (QED) is 0.0199. The normalized spacial score (nSPS) is 12.8. The van der Waals surface area contributed by atoms with Crippen LogP contribution in [0.5, 0.6) is 0 Å². The fraction of sp³-hybridized carbons (Fsp3) is 0.696. The minimum absolute atomic E-state index is 0.106. The van der Waals surface area contributed by atoms with Gasteiger partial charge in [-0.3, -0.25) is 14.4 Å². The summed E-state index contributed by atoms with van der Waals surface area (Å²) in [5.74, 6) is -1.00. The first kappa shape index (κ1) is 58.6. The van der Waals surface area contributed by atoms with Crippen molar-refractivity contribution in [3.63, 3.8) is 0 Å². The van der Waals surface area contributed by atoms with Crippen molar-refractivity contribution in [3.8, 4) is 0 Å². The second-order valence-electron chi connectivity index (χ2n) is 16.9. The second kappa shape index (κ2) is 50.2. The highest BCUT2D eigenvalue weighted by atomic mass is 16.6.